The number of hydrogen-bond acceptors (Lipinski definition) is 5. The van der Waals surface area contributed by atoms with Crippen LogP contribution < -0.4 is 5.32 Å². The molecule has 1 atom stereocenters. The first-order chi connectivity index (χ1) is 12.6. The summed E-state index contributed by atoms with van der Waals surface area (Å²) in [6, 6.07) is 0. The van der Waals surface area contributed by atoms with Crippen molar-refractivity contribution in [3.63, 3.8) is 0 Å². The number of carbonyl (C=O) groups excluding carboxylic acids is 1. The number of rotatable bonds is 5. The Morgan fingerprint density at radius 1 is 1.38 bits per heavy atom. The quantitative estimate of drug-likeness (QED) is 0.875. The molecule has 0 saturated heterocycles. The lowest BCUT2D eigenvalue weighted by atomic mass is 9.98. The molecule has 2 aliphatic rings. The van der Waals surface area contributed by atoms with Crippen LogP contribution in [0, 0.1) is 6.92 Å². The van der Waals surface area contributed by atoms with Gasteiger partial charge in [-0.15, -0.1) is 10.2 Å². The standard InChI is InChI=1S/C18H26N6O2/c1-13-19-7-9-23(13)10-8-20-17(25)18(2)12-26-11-15-21-22-16(24(15)18)14-5-3-4-6-14/h7,9,14H,3-6,8,10-12H2,1-2H3,(H,20,25)/t18-/m0/s1. The van der Waals surface area contributed by atoms with E-state index in [0.29, 0.717) is 32.2 Å². The highest BCUT2D eigenvalue weighted by Gasteiger charge is 2.43. The predicted octanol–water partition coefficient (Wildman–Crippen LogP) is 1.50. The molecule has 2 aromatic heterocycles. The SMILES string of the molecule is Cc1nccn1CCNC(=O)[C@]1(C)COCc2nnc(C3CCCC3)n21. The molecule has 1 N–H and O–H groups in total. The van der Waals surface area contributed by atoms with E-state index >= 15 is 0 Å². The zero-order valence-electron chi connectivity index (χ0n) is 15.4. The van der Waals surface area contributed by atoms with Crippen LogP contribution in [0.3, 0.4) is 0 Å². The zero-order chi connectivity index (χ0) is 18.1. The van der Waals surface area contributed by atoms with Crippen LogP contribution in [0.2, 0.25) is 0 Å². The van der Waals surface area contributed by atoms with E-state index in [0.717, 1.165) is 30.3 Å². The van der Waals surface area contributed by atoms with Crippen molar-refractivity contribution in [3.8, 4) is 0 Å². The van der Waals surface area contributed by atoms with E-state index in [-0.39, 0.29) is 5.91 Å². The summed E-state index contributed by atoms with van der Waals surface area (Å²) in [5.41, 5.74) is -0.807. The van der Waals surface area contributed by atoms with Gasteiger partial charge in [0.2, 0.25) is 5.91 Å². The molecule has 0 radical (unpaired) electrons. The van der Waals surface area contributed by atoms with Gasteiger partial charge in [-0.05, 0) is 26.7 Å². The first-order valence-corrected chi connectivity index (χ1v) is 9.38. The number of amides is 1. The van der Waals surface area contributed by atoms with Crippen molar-refractivity contribution in [1.82, 2.24) is 29.6 Å². The maximum atomic E-state index is 13.1. The van der Waals surface area contributed by atoms with Crippen LogP contribution in [0.25, 0.3) is 0 Å². The van der Waals surface area contributed by atoms with Gasteiger partial charge in [0.1, 0.15) is 23.8 Å². The molecule has 8 nitrogen and oxygen atoms in total. The van der Waals surface area contributed by atoms with Crippen LogP contribution in [-0.2, 0) is 28.2 Å². The minimum atomic E-state index is -0.807. The Labute approximate surface area is 153 Å². The van der Waals surface area contributed by atoms with Crippen LogP contribution >= 0.6 is 0 Å². The summed E-state index contributed by atoms with van der Waals surface area (Å²) >= 11 is 0. The monoisotopic (exact) mass is 358 g/mol. The number of fused-ring (bicyclic) bond motifs is 1. The van der Waals surface area contributed by atoms with Gasteiger partial charge in [-0.1, -0.05) is 12.8 Å². The van der Waals surface area contributed by atoms with E-state index in [9.17, 15) is 4.79 Å². The molecular weight excluding hydrogens is 332 g/mol. The molecule has 0 bridgehead atoms. The fraction of sp³-hybridized carbons (Fsp3) is 0.667. The van der Waals surface area contributed by atoms with Gasteiger partial charge in [0.05, 0.1) is 6.61 Å². The Hall–Kier alpha value is -2.22. The highest BCUT2D eigenvalue weighted by Crippen LogP contribution is 2.37. The van der Waals surface area contributed by atoms with Crippen LogP contribution in [0.15, 0.2) is 12.4 Å². The number of hydrogen-bond donors (Lipinski definition) is 1. The molecule has 1 aliphatic heterocycles. The second-order valence-corrected chi connectivity index (χ2v) is 7.48. The first kappa shape index (κ1) is 17.2. The summed E-state index contributed by atoms with van der Waals surface area (Å²) in [6.07, 6.45) is 8.37. The normalized spacial score (nSPS) is 23.2. The van der Waals surface area contributed by atoms with Crippen LogP contribution in [0.1, 0.15) is 56.0 Å². The van der Waals surface area contributed by atoms with Crippen molar-refractivity contribution in [3.05, 3.63) is 29.9 Å². The van der Waals surface area contributed by atoms with Crippen molar-refractivity contribution >= 4 is 5.91 Å². The summed E-state index contributed by atoms with van der Waals surface area (Å²) < 4.78 is 9.75. The molecule has 0 unspecified atom stereocenters. The molecule has 26 heavy (non-hydrogen) atoms. The van der Waals surface area contributed by atoms with Crippen LogP contribution in [-0.4, -0.2) is 43.4 Å². The molecular formula is C18H26N6O2. The van der Waals surface area contributed by atoms with E-state index in [1.54, 1.807) is 6.20 Å². The third-order valence-electron chi connectivity index (χ3n) is 5.63. The summed E-state index contributed by atoms with van der Waals surface area (Å²) in [5, 5.41) is 11.8. The highest BCUT2D eigenvalue weighted by atomic mass is 16.5. The van der Waals surface area contributed by atoms with E-state index in [4.69, 9.17) is 4.74 Å². The molecule has 2 aromatic rings. The number of nitrogens with one attached hydrogen (secondary N) is 1. The number of aromatic nitrogens is 5. The fourth-order valence-corrected chi connectivity index (χ4v) is 4.10. The summed E-state index contributed by atoms with van der Waals surface area (Å²) in [4.78, 5) is 17.3. The number of aryl methyl sites for hydroxylation is 1. The van der Waals surface area contributed by atoms with Gasteiger partial charge in [0.15, 0.2) is 5.82 Å². The summed E-state index contributed by atoms with van der Waals surface area (Å²) in [7, 11) is 0. The van der Waals surface area contributed by atoms with Crippen molar-refractivity contribution in [2.45, 2.75) is 64.1 Å². The smallest absolute Gasteiger partial charge is 0.248 e. The van der Waals surface area contributed by atoms with Crippen molar-refractivity contribution in [2.75, 3.05) is 13.2 Å². The molecule has 1 fully saturated rings. The van der Waals surface area contributed by atoms with E-state index < -0.39 is 5.54 Å². The lowest BCUT2D eigenvalue weighted by molar-refractivity contribution is -0.135. The van der Waals surface area contributed by atoms with Crippen LogP contribution in [0.4, 0.5) is 0 Å². The van der Waals surface area contributed by atoms with Crippen molar-refractivity contribution < 1.29 is 9.53 Å². The van der Waals surface area contributed by atoms with Gasteiger partial charge in [-0.2, -0.15) is 0 Å². The second kappa shape index (κ2) is 6.83. The highest BCUT2D eigenvalue weighted by molar-refractivity contribution is 5.84. The molecule has 4 rings (SSSR count). The average Bonchev–Trinajstić information content (AvgIpc) is 3.36. The molecule has 0 aromatic carbocycles. The minimum absolute atomic E-state index is 0.0461. The number of imidazole rings is 1. The molecule has 3 heterocycles. The number of nitrogens with zero attached hydrogens (tertiary/aromatic N) is 5. The van der Waals surface area contributed by atoms with Gasteiger partial charge < -0.3 is 14.6 Å². The molecule has 1 aliphatic carbocycles. The van der Waals surface area contributed by atoms with Gasteiger partial charge in [-0.25, -0.2) is 4.98 Å². The average molecular weight is 358 g/mol. The van der Waals surface area contributed by atoms with Crippen molar-refractivity contribution in [2.24, 2.45) is 0 Å². The Balaban J connectivity index is 1.52. The Bertz CT molecular complexity index is 791. The molecule has 140 valence electrons. The third-order valence-corrected chi connectivity index (χ3v) is 5.63. The largest absolute Gasteiger partial charge is 0.370 e. The topological polar surface area (TPSA) is 86.9 Å². The first-order valence-electron chi connectivity index (χ1n) is 9.38. The minimum Gasteiger partial charge on any atom is -0.370 e. The Kier molecular flexibility index (Phi) is 4.52. The maximum Gasteiger partial charge on any atom is 0.248 e. The number of carbonyl (C=O) groups is 1. The fourth-order valence-electron chi connectivity index (χ4n) is 4.10. The van der Waals surface area contributed by atoms with E-state index in [1.165, 1.54) is 12.8 Å². The van der Waals surface area contributed by atoms with Crippen molar-refractivity contribution in [1.29, 1.82) is 0 Å². The van der Waals surface area contributed by atoms with Gasteiger partial charge in [0, 0.05) is 31.4 Å². The van der Waals surface area contributed by atoms with E-state index in [1.807, 2.05) is 29.2 Å². The summed E-state index contributed by atoms with van der Waals surface area (Å²) in [5.74, 6) is 2.99. The van der Waals surface area contributed by atoms with E-state index in [2.05, 4.69) is 20.5 Å². The van der Waals surface area contributed by atoms with Gasteiger partial charge in [-0.3, -0.25) is 9.36 Å². The second-order valence-electron chi connectivity index (χ2n) is 7.48. The maximum absolute atomic E-state index is 13.1. The Morgan fingerprint density at radius 3 is 2.92 bits per heavy atom. The molecule has 8 heteroatoms. The lowest BCUT2D eigenvalue weighted by Gasteiger charge is -2.36. The molecule has 1 saturated carbocycles. The van der Waals surface area contributed by atoms with Gasteiger partial charge >= 0.3 is 0 Å². The lowest BCUT2D eigenvalue weighted by Crippen LogP contribution is -2.53. The van der Waals surface area contributed by atoms with Gasteiger partial charge in [0.25, 0.3) is 0 Å². The third kappa shape index (κ3) is 2.92. The molecule has 0 spiro atoms. The zero-order valence-corrected chi connectivity index (χ0v) is 15.4. The number of ether oxygens (including phenoxy) is 1. The van der Waals surface area contributed by atoms with Crippen LogP contribution in [0.5, 0.6) is 0 Å². The predicted molar refractivity (Wildman–Crippen MR) is 94.5 cm³/mol. The Morgan fingerprint density at radius 2 is 2.19 bits per heavy atom. The molecule has 1 amide bonds. The summed E-state index contributed by atoms with van der Waals surface area (Å²) in [6.45, 7) is 5.87.